The predicted octanol–water partition coefficient (Wildman–Crippen LogP) is 2.45. The van der Waals surface area contributed by atoms with Crippen LogP contribution in [0, 0.1) is 0 Å². The molecule has 0 bridgehead atoms. The standard InChI is InChI=1S/C23H23N6O6P/c24-23-19(2-1-7-29(23)15-34-36(30,31)32)20-12-18(27-35-20)10-16-3-4-22(26-13-16)33-14-17-5-8-28-9-6-25-21(28)11-17/h1-9,11-13,23H,10,14-15,24H2,(H2,30,31,32). The first-order chi connectivity index (χ1) is 17.3. The quantitative estimate of drug-likeness (QED) is 0.284. The van der Waals surface area contributed by atoms with E-state index in [0.717, 1.165) is 16.8 Å². The zero-order valence-electron chi connectivity index (χ0n) is 18.9. The zero-order chi connectivity index (χ0) is 25.1. The van der Waals surface area contributed by atoms with Gasteiger partial charge in [0.2, 0.25) is 5.88 Å². The molecule has 1 aliphatic heterocycles. The lowest BCUT2D eigenvalue weighted by Gasteiger charge is -2.30. The molecule has 0 aliphatic carbocycles. The van der Waals surface area contributed by atoms with Gasteiger partial charge < -0.3 is 34.1 Å². The Morgan fingerprint density at radius 3 is 2.83 bits per heavy atom. The van der Waals surface area contributed by atoms with Crippen LogP contribution >= 0.6 is 7.82 Å². The van der Waals surface area contributed by atoms with Crippen molar-refractivity contribution >= 4 is 19.0 Å². The van der Waals surface area contributed by atoms with Gasteiger partial charge in [-0.2, -0.15) is 0 Å². The van der Waals surface area contributed by atoms with Crippen LogP contribution < -0.4 is 10.5 Å². The average Bonchev–Trinajstić information content (AvgIpc) is 3.52. The van der Waals surface area contributed by atoms with Crippen molar-refractivity contribution in [2.24, 2.45) is 5.73 Å². The summed E-state index contributed by atoms with van der Waals surface area (Å²) in [6.07, 6.45) is 12.0. The van der Waals surface area contributed by atoms with Gasteiger partial charge in [0.1, 0.15) is 25.2 Å². The fourth-order valence-corrected chi connectivity index (χ4v) is 3.94. The van der Waals surface area contributed by atoms with Crippen LogP contribution in [0.2, 0.25) is 0 Å². The highest BCUT2D eigenvalue weighted by Gasteiger charge is 2.25. The molecule has 5 rings (SSSR count). The fraction of sp³-hybridized carbons (Fsp3) is 0.174. The third-order valence-electron chi connectivity index (χ3n) is 5.48. The summed E-state index contributed by atoms with van der Waals surface area (Å²) in [5.74, 6) is 0.955. The van der Waals surface area contributed by atoms with Crippen molar-refractivity contribution in [3.8, 4) is 5.88 Å². The zero-order valence-corrected chi connectivity index (χ0v) is 19.8. The van der Waals surface area contributed by atoms with Crippen LogP contribution in [0.4, 0.5) is 0 Å². The number of aromatic nitrogens is 4. The molecule has 4 aromatic rings. The molecule has 186 valence electrons. The Labute approximate surface area is 205 Å². The molecule has 4 aromatic heterocycles. The van der Waals surface area contributed by atoms with Crippen LogP contribution in [-0.2, 0) is 22.1 Å². The highest BCUT2D eigenvalue weighted by molar-refractivity contribution is 7.46. The van der Waals surface area contributed by atoms with E-state index in [1.165, 1.54) is 4.90 Å². The van der Waals surface area contributed by atoms with Gasteiger partial charge >= 0.3 is 7.82 Å². The van der Waals surface area contributed by atoms with Crippen molar-refractivity contribution in [2.75, 3.05) is 6.73 Å². The molecule has 13 heteroatoms. The minimum absolute atomic E-state index is 0.377. The smallest absolute Gasteiger partial charge is 0.471 e. The Kier molecular flexibility index (Phi) is 6.68. The third kappa shape index (κ3) is 5.70. The highest BCUT2D eigenvalue weighted by Crippen LogP contribution is 2.36. The Morgan fingerprint density at radius 2 is 2.03 bits per heavy atom. The van der Waals surface area contributed by atoms with E-state index in [1.807, 2.05) is 35.0 Å². The molecule has 0 radical (unpaired) electrons. The first-order valence-electron chi connectivity index (χ1n) is 10.9. The van der Waals surface area contributed by atoms with Gasteiger partial charge in [0.25, 0.3) is 0 Å². The van der Waals surface area contributed by atoms with Gasteiger partial charge in [0.15, 0.2) is 5.76 Å². The Hall–Kier alpha value is -3.80. The molecule has 5 heterocycles. The van der Waals surface area contributed by atoms with Crippen LogP contribution in [-0.4, -0.2) is 47.1 Å². The second kappa shape index (κ2) is 10.1. The summed E-state index contributed by atoms with van der Waals surface area (Å²) >= 11 is 0. The summed E-state index contributed by atoms with van der Waals surface area (Å²) < 4.78 is 28.7. The summed E-state index contributed by atoms with van der Waals surface area (Å²) in [7, 11) is -4.62. The van der Waals surface area contributed by atoms with Crippen LogP contribution in [0.3, 0.4) is 0 Å². The summed E-state index contributed by atoms with van der Waals surface area (Å²) in [4.78, 5) is 27.9. The van der Waals surface area contributed by atoms with Gasteiger partial charge in [0.05, 0.1) is 5.69 Å². The van der Waals surface area contributed by atoms with Gasteiger partial charge in [-0.1, -0.05) is 17.3 Å². The maximum atomic E-state index is 11.0. The molecule has 1 aliphatic rings. The van der Waals surface area contributed by atoms with Crippen LogP contribution in [0.15, 0.2) is 78.0 Å². The van der Waals surface area contributed by atoms with E-state index in [0.29, 0.717) is 35.9 Å². The van der Waals surface area contributed by atoms with Crippen LogP contribution in [0.5, 0.6) is 5.88 Å². The first kappa shape index (κ1) is 23.9. The maximum absolute atomic E-state index is 11.0. The van der Waals surface area contributed by atoms with E-state index in [1.54, 1.807) is 42.9 Å². The minimum Gasteiger partial charge on any atom is -0.473 e. The largest absolute Gasteiger partial charge is 0.473 e. The number of ether oxygens (including phenoxy) is 1. The molecule has 0 spiro atoms. The number of allylic oxidation sites excluding steroid dienone is 2. The normalized spacial score (nSPS) is 15.9. The minimum atomic E-state index is -4.62. The average molecular weight is 510 g/mol. The molecule has 0 aromatic carbocycles. The number of phosphoric acid groups is 1. The molecule has 1 unspecified atom stereocenters. The van der Waals surface area contributed by atoms with E-state index < -0.39 is 14.0 Å². The van der Waals surface area contributed by atoms with Crippen LogP contribution in [0.25, 0.3) is 11.2 Å². The summed E-state index contributed by atoms with van der Waals surface area (Å²) in [5.41, 5.74) is 10.3. The molecule has 36 heavy (non-hydrogen) atoms. The Balaban J connectivity index is 1.18. The number of pyridine rings is 2. The lowest BCUT2D eigenvalue weighted by atomic mass is 10.1. The van der Waals surface area contributed by atoms with Crippen molar-refractivity contribution < 1.29 is 28.1 Å². The fourth-order valence-electron chi connectivity index (χ4n) is 3.66. The molecule has 0 fully saturated rings. The van der Waals surface area contributed by atoms with E-state index in [-0.39, 0.29) is 6.73 Å². The van der Waals surface area contributed by atoms with E-state index in [2.05, 4.69) is 19.6 Å². The van der Waals surface area contributed by atoms with Gasteiger partial charge in [-0.25, -0.2) is 14.5 Å². The summed E-state index contributed by atoms with van der Waals surface area (Å²) in [5, 5.41) is 4.11. The second-order valence-corrected chi connectivity index (χ2v) is 9.29. The number of rotatable bonds is 9. The van der Waals surface area contributed by atoms with Crippen molar-refractivity contribution in [1.29, 1.82) is 0 Å². The van der Waals surface area contributed by atoms with E-state index in [4.69, 9.17) is 24.8 Å². The summed E-state index contributed by atoms with van der Waals surface area (Å²) in [6, 6.07) is 9.41. The lowest BCUT2D eigenvalue weighted by Crippen LogP contribution is -2.41. The van der Waals surface area contributed by atoms with Crippen molar-refractivity contribution in [3.05, 3.63) is 96.1 Å². The highest BCUT2D eigenvalue weighted by atomic mass is 31.2. The molecule has 1 atom stereocenters. The Morgan fingerprint density at radius 1 is 1.14 bits per heavy atom. The number of nitrogens with two attached hydrogens (primary N) is 1. The van der Waals surface area contributed by atoms with Gasteiger partial charge in [-0.05, 0) is 29.3 Å². The number of hydrogen-bond acceptors (Lipinski definition) is 9. The number of nitrogens with zero attached hydrogens (tertiary/aromatic N) is 5. The number of phosphoric ester groups is 1. The molecule has 0 amide bonds. The lowest BCUT2D eigenvalue weighted by molar-refractivity contribution is 0.110. The second-order valence-electron chi connectivity index (χ2n) is 8.05. The van der Waals surface area contributed by atoms with Gasteiger partial charge in [-0.15, -0.1) is 0 Å². The van der Waals surface area contributed by atoms with E-state index >= 15 is 0 Å². The van der Waals surface area contributed by atoms with E-state index in [9.17, 15) is 4.57 Å². The SMILES string of the molecule is NC1C(c2cc(Cc3ccc(OCc4ccn5ccnc5c4)nc3)no2)=CC=CN1COP(=O)(O)O. The van der Waals surface area contributed by atoms with Crippen LogP contribution in [0.1, 0.15) is 22.6 Å². The summed E-state index contributed by atoms with van der Waals surface area (Å²) in [6.45, 7) is 0.000722. The van der Waals surface area contributed by atoms with Gasteiger partial charge in [-0.3, -0.25) is 4.52 Å². The molecule has 0 saturated carbocycles. The number of imidazole rings is 1. The Bertz CT molecular complexity index is 1460. The monoisotopic (exact) mass is 510 g/mol. The van der Waals surface area contributed by atoms with Crippen molar-refractivity contribution in [3.63, 3.8) is 0 Å². The maximum Gasteiger partial charge on any atom is 0.471 e. The third-order valence-corrected chi connectivity index (χ3v) is 5.93. The number of hydrogen-bond donors (Lipinski definition) is 3. The number of fused-ring (bicyclic) bond motifs is 1. The van der Waals surface area contributed by atoms with Crippen molar-refractivity contribution in [2.45, 2.75) is 19.2 Å². The predicted molar refractivity (Wildman–Crippen MR) is 128 cm³/mol. The molecule has 0 saturated heterocycles. The molecular weight excluding hydrogens is 487 g/mol. The molecule has 4 N–H and O–H groups in total. The molecule has 12 nitrogen and oxygen atoms in total. The topological polar surface area (TPSA) is 161 Å². The van der Waals surface area contributed by atoms with Crippen molar-refractivity contribution in [1.82, 2.24) is 24.4 Å². The first-order valence-corrected chi connectivity index (χ1v) is 12.4. The molecular formula is C23H23N6O6P. The van der Waals surface area contributed by atoms with Gasteiger partial charge in [0, 0.05) is 55.1 Å².